The molecule has 3 heterocycles. The summed E-state index contributed by atoms with van der Waals surface area (Å²) in [5, 5.41) is 23.3. The number of hydrogen-bond donors (Lipinski definition) is 3. The van der Waals surface area contributed by atoms with E-state index in [-0.39, 0.29) is 17.7 Å². The molecule has 240 valence electrons. The van der Waals surface area contributed by atoms with Gasteiger partial charge in [-0.15, -0.1) is 4.33 Å². The van der Waals surface area contributed by atoms with E-state index in [0.717, 1.165) is 54.9 Å². The molecule has 0 spiro atoms. The highest BCUT2D eigenvalue weighted by atomic mass is 32.2. The Morgan fingerprint density at radius 1 is 1.09 bits per heavy atom. The van der Waals surface area contributed by atoms with E-state index in [9.17, 15) is 22.9 Å². The molecule has 4 aromatic rings. The van der Waals surface area contributed by atoms with Gasteiger partial charge >= 0.3 is 5.97 Å². The molecule has 0 amide bonds. The molecule has 0 bridgehead atoms. The van der Waals surface area contributed by atoms with E-state index in [2.05, 4.69) is 31.1 Å². The molecule has 0 unspecified atom stereocenters. The maximum atomic E-state index is 11.5. The minimum absolute atomic E-state index is 0.0769. The summed E-state index contributed by atoms with van der Waals surface area (Å²) in [5.41, 5.74) is 3.40. The average molecular weight is 701 g/mol. The molecule has 15 heteroatoms. The third-order valence-electron chi connectivity index (χ3n) is 6.86. The number of aryl methyl sites for hydroxylation is 1. The number of fused-ring (bicyclic) bond motifs is 2. The third-order valence-corrected chi connectivity index (χ3v) is 10.5. The lowest BCUT2D eigenvalue weighted by Crippen LogP contribution is -2.35. The lowest BCUT2D eigenvalue weighted by molar-refractivity contribution is -0.668. The predicted molar refractivity (Wildman–Crippen MR) is 181 cm³/mol. The number of carboxylic acid groups (broad SMARTS) is 1. The highest BCUT2D eigenvalue weighted by Crippen LogP contribution is 2.46. The Morgan fingerprint density at radius 2 is 1.89 bits per heavy atom. The van der Waals surface area contributed by atoms with Crippen LogP contribution in [-0.4, -0.2) is 52.3 Å². The summed E-state index contributed by atoms with van der Waals surface area (Å²) >= 11 is 4.19. The summed E-state index contributed by atoms with van der Waals surface area (Å²) in [6.45, 7) is 1.07. The summed E-state index contributed by atoms with van der Waals surface area (Å²) in [4.78, 5) is 19.0. The van der Waals surface area contributed by atoms with Crippen LogP contribution in [0.1, 0.15) is 33.9 Å². The second-order valence-electron chi connectivity index (χ2n) is 9.94. The van der Waals surface area contributed by atoms with Gasteiger partial charge in [-0.1, -0.05) is 58.5 Å². The van der Waals surface area contributed by atoms with Crippen molar-refractivity contribution in [3.05, 3.63) is 106 Å². The minimum atomic E-state index is -4.09. The first-order valence-corrected chi connectivity index (χ1v) is 18.2. The fraction of sp³-hybridized carbons (Fsp3) is 0.194. The number of carboxylic acids is 1. The van der Waals surface area contributed by atoms with Crippen LogP contribution in [0.4, 0.5) is 5.69 Å². The van der Waals surface area contributed by atoms with Gasteiger partial charge < -0.3 is 10.0 Å². The lowest BCUT2D eigenvalue weighted by Gasteiger charge is -2.20. The van der Waals surface area contributed by atoms with Crippen LogP contribution in [0.5, 0.6) is 0 Å². The first kappa shape index (κ1) is 33.8. The molecule has 11 nitrogen and oxygen atoms in total. The predicted octanol–water partition coefficient (Wildman–Crippen LogP) is 6.57. The number of rotatable bonds is 15. The molecule has 0 radical (unpaired) electrons. The van der Waals surface area contributed by atoms with Gasteiger partial charge in [0.1, 0.15) is 4.70 Å². The van der Waals surface area contributed by atoms with Gasteiger partial charge in [-0.05, 0) is 48.9 Å². The highest BCUT2D eigenvalue weighted by molar-refractivity contribution is 8.03. The van der Waals surface area contributed by atoms with Crippen LogP contribution in [0, 0.1) is 0 Å². The number of para-hydroxylation sites is 2. The molecule has 0 aliphatic carbocycles. The van der Waals surface area contributed by atoms with E-state index < -0.39 is 16.1 Å². The van der Waals surface area contributed by atoms with Gasteiger partial charge in [0.05, 0.1) is 27.7 Å². The van der Waals surface area contributed by atoms with Crippen molar-refractivity contribution in [2.24, 2.45) is 0 Å². The number of hydrogen-bond acceptors (Lipinski definition) is 11. The van der Waals surface area contributed by atoms with Crippen LogP contribution in [0.2, 0.25) is 0 Å². The van der Waals surface area contributed by atoms with E-state index >= 15 is 0 Å². The quantitative estimate of drug-likeness (QED) is 0.0234. The Balaban J connectivity index is 1.50. The van der Waals surface area contributed by atoms with Crippen LogP contribution in [0.25, 0.3) is 21.9 Å². The van der Waals surface area contributed by atoms with Crippen molar-refractivity contribution < 1.29 is 42.1 Å². The van der Waals surface area contributed by atoms with Crippen LogP contribution >= 0.6 is 35.1 Å². The molecular weight excluding hydrogens is 671 g/mol. The van der Waals surface area contributed by atoms with E-state index in [4.69, 9.17) is 5.26 Å². The summed E-state index contributed by atoms with van der Waals surface area (Å²) in [6, 6.07) is 19.1. The van der Waals surface area contributed by atoms with Gasteiger partial charge in [-0.25, -0.2) is 10.1 Å². The number of anilines is 1. The minimum Gasteiger partial charge on any atom is -0.478 e. The van der Waals surface area contributed by atoms with Crippen molar-refractivity contribution in [1.82, 2.24) is 4.98 Å². The van der Waals surface area contributed by atoms with E-state index in [0.29, 0.717) is 24.5 Å². The molecule has 1 aliphatic heterocycles. The second-order valence-corrected chi connectivity index (χ2v) is 14.4. The Bertz CT molecular complexity index is 1890. The number of thioether (sulfide) groups is 1. The zero-order chi connectivity index (χ0) is 32.5. The summed E-state index contributed by atoms with van der Waals surface area (Å²) < 4.78 is 39.8. The Labute approximate surface area is 278 Å². The lowest BCUT2D eigenvalue weighted by atomic mass is 10.1. The molecule has 0 atom stereocenters. The monoisotopic (exact) mass is 700 g/mol. The molecule has 0 saturated carbocycles. The molecular formula is C31H30N3O8S4+. The fourth-order valence-corrected chi connectivity index (χ4v) is 7.83. The summed E-state index contributed by atoms with van der Waals surface area (Å²) in [7, 11) is -4.09. The smallest absolute Gasteiger partial charge is 0.337 e. The van der Waals surface area contributed by atoms with Gasteiger partial charge in [-0.2, -0.15) is 13.0 Å². The van der Waals surface area contributed by atoms with Crippen LogP contribution in [-0.2, 0) is 26.0 Å². The molecule has 46 heavy (non-hydrogen) atoms. The largest absolute Gasteiger partial charge is 0.478 e. The van der Waals surface area contributed by atoms with Crippen LogP contribution < -0.4 is 9.47 Å². The SMILES string of the molecule is O=C(O)c1ccc(C(=C\C=C2/Sc3ccccc3N2CCCS(=O)(=O)O)/C=C/c2sc3ccccc3[n+]2CCCSOOO)nc1. The summed E-state index contributed by atoms with van der Waals surface area (Å²) in [6.07, 6.45) is 10.1. The number of allylic oxidation sites excluding steroid dienone is 4. The van der Waals surface area contributed by atoms with E-state index in [1.165, 1.54) is 12.3 Å². The molecule has 1 aliphatic rings. The van der Waals surface area contributed by atoms with Crippen LogP contribution in [0.3, 0.4) is 0 Å². The molecule has 0 fully saturated rings. The second kappa shape index (κ2) is 15.8. The summed E-state index contributed by atoms with van der Waals surface area (Å²) in [5.74, 6) is -0.813. The molecule has 2 aromatic carbocycles. The molecule has 3 N–H and O–H groups in total. The zero-order valence-electron chi connectivity index (χ0n) is 24.3. The van der Waals surface area contributed by atoms with Gasteiger partial charge in [0.15, 0.2) is 6.54 Å². The fourth-order valence-electron chi connectivity index (χ4n) is 4.80. The number of benzene rings is 2. The number of pyridine rings is 1. The topological polar surface area (TPSA) is 150 Å². The standard InChI is InChI=1S/C31H29N3O8S4/c35-31(36)23-11-14-24(32-21-23)22(12-15-29-33(17-5-19-43-42-41-37)25-7-1-3-9-27(25)44-29)13-16-30-34(18-6-20-46(38,39)40)26-8-2-4-10-28(26)45-30/h1-4,7-16,21H,5-6,17-20H2,(H2-,35,36,37,38,39,40)/p+1. The van der Waals surface area contributed by atoms with Crippen LogP contribution in [0.15, 0.2) is 95.0 Å². The van der Waals surface area contributed by atoms with Crippen molar-refractivity contribution >= 4 is 78.8 Å². The molecule has 0 saturated heterocycles. The Kier molecular flexibility index (Phi) is 11.6. The van der Waals surface area contributed by atoms with Crippen molar-refractivity contribution in [3.63, 3.8) is 0 Å². The number of thiazole rings is 1. The van der Waals surface area contributed by atoms with Crippen molar-refractivity contribution in [3.8, 4) is 0 Å². The van der Waals surface area contributed by atoms with Crippen molar-refractivity contribution in [2.45, 2.75) is 24.3 Å². The normalized spacial score (nSPS) is 14.5. The number of nitrogens with zero attached hydrogens (tertiary/aromatic N) is 3. The number of aromatic nitrogens is 2. The van der Waals surface area contributed by atoms with Gasteiger partial charge in [-0.3, -0.25) is 9.54 Å². The highest BCUT2D eigenvalue weighted by Gasteiger charge is 2.25. The average Bonchev–Trinajstić information content (AvgIpc) is 3.58. The first-order chi connectivity index (χ1) is 22.2. The van der Waals surface area contributed by atoms with Gasteiger partial charge in [0.2, 0.25) is 5.52 Å². The van der Waals surface area contributed by atoms with E-state index in [1.54, 1.807) is 29.2 Å². The molecule has 2 aromatic heterocycles. The Hall–Kier alpha value is -3.54. The van der Waals surface area contributed by atoms with Gasteiger partial charge in [0, 0.05) is 59.6 Å². The Morgan fingerprint density at radius 3 is 2.65 bits per heavy atom. The number of carbonyl (C=O) groups is 1. The van der Waals surface area contributed by atoms with E-state index in [1.807, 2.05) is 65.6 Å². The maximum Gasteiger partial charge on any atom is 0.337 e. The van der Waals surface area contributed by atoms with Gasteiger partial charge in [0.25, 0.3) is 15.1 Å². The zero-order valence-corrected chi connectivity index (χ0v) is 27.5. The van der Waals surface area contributed by atoms with Crippen molar-refractivity contribution in [1.29, 1.82) is 0 Å². The number of aromatic carboxylic acids is 1. The third kappa shape index (κ3) is 8.83. The maximum absolute atomic E-state index is 11.5. The molecule has 5 rings (SSSR count). The van der Waals surface area contributed by atoms with Crippen molar-refractivity contribution in [2.75, 3.05) is 23.0 Å². The first-order valence-electron chi connectivity index (χ1n) is 14.0.